The van der Waals surface area contributed by atoms with Crippen LogP contribution in [-0.2, 0) is 9.47 Å². The van der Waals surface area contributed by atoms with E-state index < -0.39 is 24.4 Å². The van der Waals surface area contributed by atoms with Crippen LogP contribution in [0.15, 0.2) is 24.3 Å². The van der Waals surface area contributed by atoms with Crippen molar-refractivity contribution in [3.05, 3.63) is 57.1 Å². The molecule has 2 aliphatic rings. The third-order valence-electron chi connectivity index (χ3n) is 5.53. The van der Waals surface area contributed by atoms with Crippen LogP contribution in [-0.4, -0.2) is 68.0 Å². The largest absolute Gasteiger partial charge is 0.394 e. The topological polar surface area (TPSA) is 125 Å². The number of hydrogen-bond donors (Lipinski definition) is 4. The minimum atomic E-state index is -0.646. The molecule has 6 atom stereocenters. The zero-order chi connectivity index (χ0) is 23.4. The van der Waals surface area contributed by atoms with Gasteiger partial charge in [-0.2, -0.15) is 0 Å². The van der Waals surface area contributed by atoms with E-state index in [9.17, 15) is 10.2 Å². The molecular weight excluding hydrogens is 459 g/mol. The van der Waals surface area contributed by atoms with E-state index in [4.69, 9.17) is 42.9 Å². The average molecular weight is 487 g/mol. The summed E-state index contributed by atoms with van der Waals surface area (Å²) in [5.41, 5.74) is 3.21. The van der Waals surface area contributed by atoms with Gasteiger partial charge in [0.05, 0.1) is 37.6 Å². The van der Waals surface area contributed by atoms with Gasteiger partial charge in [0, 0.05) is 35.4 Å². The highest BCUT2D eigenvalue weighted by atomic mass is 35.5. The number of aliphatic hydroxyl groups is 4. The lowest BCUT2D eigenvalue weighted by Crippen LogP contribution is -2.24. The summed E-state index contributed by atoms with van der Waals surface area (Å²) < 4.78 is 11.0. The van der Waals surface area contributed by atoms with Crippen molar-refractivity contribution in [2.75, 3.05) is 13.2 Å². The number of aromatic nitrogens is 2. The first-order valence-corrected chi connectivity index (χ1v) is 11.1. The summed E-state index contributed by atoms with van der Waals surface area (Å²) in [5.74, 6) is 0. The van der Waals surface area contributed by atoms with Crippen molar-refractivity contribution in [1.82, 2.24) is 9.97 Å². The molecule has 8 nitrogen and oxygen atoms in total. The first-order chi connectivity index (χ1) is 15.2. The number of nitrogens with zero attached hydrogens (tertiary/aromatic N) is 2. The van der Waals surface area contributed by atoms with Gasteiger partial charge >= 0.3 is 0 Å². The molecule has 4 heterocycles. The quantitative estimate of drug-likeness (QED) is 0.485. The number of rotatable bonds is 4. The molecule has 2 fully saturated rings. The van der Waals surface area contributed by atoms with Gasteiger partial charge in [-0.15, -0.1) is 0 Å². The first-order valence-electron chi connectivity index (χ1n) is 10.4. The summed E-state index contributed by atoms with van der Waals surface area (Å²) in [4.78, 5) is 8.27. The molecule has 0 radical (unpaired) electrons. The Morgan fingerprint density at radius 2 is 1.16 bits per heavy atom. The molecule has 2 aromatic rings. The fourth-order valence-corrected chi connectivity index (χ4v) is 4.37. The summed E-state index contributed by atoms with van der Waals surface area (Å²) >= 11 is 12.0. The summed E-state index contributed by atoms with van der Waals surface area (Å²) in [6, 6.07) is 7.40. The molecular formula is C22H28Cl2N2O6. The average Bonchev–Trinajstić information content (AvgIpc) is 3.30. The van der Waals surface area contributed by atoms with E-state index >= 15 is 0 Å². The molecule has 176 valence electrons. The molecule has 4 rings (SSSR count). The fraction of sp³-hybridized carbons (Fsp3) is 0.545. The zero-order valence-corrected chi connectivity index (χ0v) is 19.4. The van der Waals surface area contributed by atoms with Crippen molar-refractivity contribution in [1.29, 1.82) is 0 Å². The number of pyridine rings is 2. The van der Waals surface area contributed by atoms with Crippen LogP contribution in [0.2, 0.25) is 10.3 Å². The lowest BCUT2D eigenvalue weighted by atomic mass is 10.1. The predicted molar refractivity (Wildman–Crippen MR) is 119 cm³/mol. The molecule has 0 unspecified atom stereocenters. The predicted octanol–water partition coefficient (Wildman–Crippen LogP) is 2.45. The minimum absolute atomic E-state index is 0.186. The number of halogens is 2. The molecule has 4 N–H and O–H groups in total. The molecule has 0 saturated carbocycles. The van der Waals surface area contributed by atoms with Gasteiger partial charge < -0.3 is 29.9 Å². The molecule has 0 bridgehead atoms. The Morgan fingerprint density at radius 1 is 0.781 bits per heavy atom. The number of aliphatic hydroxyl groups excluding tert-OH is 4. The monoisotopic (exact) mass is 486 g/mol. The van der Waals surface area contributed by atoms with Crippen molar-refractivity contribution in [3.8, 4) is 0 Å². The van der Waals surface area contributed by atoms with Crippen molar-refractivity contribution in [2.24, 2.45) is 0 Å². The Labute approximate surface area is 196 Å². The van der Waals surface area contributed by atoms with Gasteiger partial charge in [0.1, 0.15) is 22.5 Å². The molecule has 0 aliphatic carbocycles. The van der Waals surface area contributed by atoms with Crippen LogP contribution in [0.4, 0.5) is 0 Å². The SMILES string of the molecule is Cc1ccc([C@H]2C[C@H](O)[C@@H](CO)O2)c(Cl)n1.Cc1ccc([C@H]2C[C@H](O)[C@@H](CO)O2)c(Cl)n1. The second-order valence-electron chi connectivity index (χ2n) is 7.96. The second kappa shape index (κ2) is 11.2. The second-order valence-corrected chi connectivity index (χ2v) is 8.68. The van der Waals surface area contributed by atoms with Crippen LogP contribution in [0, 0.1) is 13.8 Å². The number of hydrogen-bond acceptors (Lipinski definition) is 8. The lowest BCUT2D eigenvalue weighted by molar-refractivity contribution is -0.0226. The molecule has 0 spiro atoms. The maximum Gasteiger partial charge on any atom is 0.135 e. The Morgan fingerprint density at radius 3 is 1.44 bits per heavy atom. The van der Waals surface area contributed by atoms with Crippen molar-refractivity contribution in [3.63, 3.8) is 0 Å². The molecule has 2 aliphatic heterocycles. The highest BCUT2D eigenvalue weighted by Gasteiger charge is 2.36. The Hall–Kier alpha value is -1.36. The molecule has 0 aromatic carbocycles. The number of ether oxygens (including phenoxy) is 2. The van der Waals surface area contributed by atoms with E-state index in [1.165, 1.54) is 0 Å². The van der Waals surface area contributed by atoms with Gasteiger partial charge in [-0.25, -0.2) is 9.97 Å². The standard InChI is InChI=1S/2C11H14ClNO3/c2*1-6-2-3-7(11(12)13-6)9-4-8(15)10(5-14)16-9/h2*2-3,8-10,14-15H,4-5H2,1H3/t2*8-,9+,10+/m00/s1. The van der Waals surface area contributed by atoms with Gasteiger partial charge in [-0.1, -0.05) is 35.3 Å². The van der Waals surface area contributed by atoms with Crippen LogP contribution < -0.4 is 0 Å². The van der Waals surface area contributed by atoms with E-state index in [0.717, 1.165) is 22.5 Å². The highest BCUT2D eigenvalue weighted by molar-refractivity contribution is 6.30. The molecule has 2 saturated heterocycles. The van der Waals surface area contributed by atoms with Crippen molar-refractivity contribution >= 4 is 23.2 Å². The van der Waals surface area contributed by atoms with Crippen molar-refractivity contribution < 1.29 is 29.9 Å². The molecule has 10 heteroatoms. The van der Waals surface area contributed by atoms with Gasteiger partial charge in [-0.05, 0) is 26.0 Å². The van der Waals surface area contributed by atoms with E-state index in [1.54, 1.807) is 0 Å². The molecule has 32 heavy (non-hydrogen) atoms. The van der Waals surface area contributed by atoms with Crippen LogP contribution in [0.25, 0.3) is 0 Å². The van der Waals surface area contributed by atoms with E-state index in [2.05, 4.69) is 9.97 Å². The first kappa shape index (κ1) is 25.3. The molecule has 0 amide bonds. The Kier molecular flexibility index (Phi) is 8.82. The fourth-order valence-electron chi connectivity index (χ4n) is 3.74. The Bertz CT molecular complexity index is 844. The van der Waals surface area contributed by atoms with E-state index in [0.29, 0.717) is 23.1 Å². The Balaban J connectivity index is 0.000000181. The maximum atomic E-state index is 9.62. The lowest BCUT2D eigenvalue weighted by Gasteiger charge is -2.13. The summed E-state index contributed by atoms with van der Waals surface area (Å²) in [5, 5.41) is 38.0. The van der Waals surface area contributed by atoms with Crippen LogP contribution in [0.3, 0.4) is 0 Å². The third kappa shape index (κ3) is 5.95. The van der Waals surface area contributed by atoms with Crippen LogP contribution in [0.1, 0.15) is 47.6 Å². The summed E-state index contributed by atoms with van der Waals surface area (Å²) in [7, 11) is 0. The van der Waals surface area contributed by atoms with E-state index in [-0.39, 0.29) is 25.4 Å². The summed E-state index contributed by atoms with van der Waals surface area (Å²) in [6.45, 7) is 3.34. The van der Waals surface area contributed by atoms with Crippen LogP contribution in [0.5, 0.6) is 0 Å². The maximum absolute atomic E-state index is 9.62. The minimum Gasteiger partial charge on any atom is -0.394 e. The van der Waals surface area contributed by atoms with Gasteiger partial charge in [0.15, 0.2) is 0 Å². The van der Waals surface area contributed by atoms with E-state index in [1.807, 2.05) is 38.1 Å². The molecule has 2 aromatic heterocycles. The van der Waals surface area contributed by atoms with Gasteiger partial charge in [0.2, 0.25) is 0 Å². The van der Waals surface area contributed by atoms with Crippen LogP contribution >= 0.6 is 23.2 Å². The highest BCUT2D eigenvalue weighted by Crippen LogP contribution is 2.36. The third-order valence-corrected chi connectivity index (χ3v) is 6.14. The van der Waals surface area contributed by atoms with Gasteiger partial charge in [0.25, 0.3) is 0 Å². The smallest absolute Gasteiger partial charge is 0.135 e. The zero-order valence-electron chi connectivity index (χ0n) is 17.9. The van der Waals surface area contributed by atoms with Gasteiger partial charge in [-0.3, -0.25) is 0 Å². The summed E-state index contributed by atoms with van der Waals surface area (Å²) in [6.07, 6.45) is -2.03. The normalized spacial score (nSPS) is 29.6. The number of aryl methyl sites for hydroxylation is 2. The van der Waals surface area contributed by atoms with Crippen molar-refractivity contribution in [2.45, 2.75) is 63.3 Å².